The number of anilines is 2. The summed E-state index contributed by atoms with van der Waals surface area (Å²) in [4.78, 5) is 12.1. The first-order valence-corrected chi connectivity index (χ1v) is 13.5. The van der Waals surface area contributed by atoms with Crippen LogP contribution in [-0.2, 0) is 20.3 Å². The average Bonchev–Trinajstić information content (AvgIpc) is 3.37. The lowest BCUT2D eigenvalue weighted by Crippen LogP contribution is -2.44. The topological polar surface area (TPSA) is 84.5 Å². The number of hydrogen-bond donors (Lipinski definition) is 2. The number of methoxy groups -OCH3 is 1. The lowest BCUT2D eigenvalue weighted by molar-refractivity contribution is 0.0600. The van der Waals surface area contributed by atoms with Crippen LogP contribution in [0.4, 0.5) is 11.4 Å². The maximum atomic E-state index is 13.4. The van der Waals surface area contributed by atoms with Crippen molar-refractivity contribution in [3.63, 3.8) is 0 Å². The molecule has 7 heteroatoms. The van der Waals surface area contributed by atoms with Crippen LogP contribution in [0.15, 0.2) is 77.7 Å². The van der Waals surface area contributed by atoms with E-state index < -0.39 is 15.6 Å². The molecule has 36 heavy (non-hydrogen) atoms. The molecule has 2 N–H and O–H groups in total. The smallest absolute Gasteiger partial charge is 0.337 e. The van der Waals surface area contributed by atoms with E-state index in [0.717, 1.165) is 34.4 Å². The van der Waals surface area contributed by atoms with Crippen LogP contribution in [-0.4, -0.2) is 21.5 Å². The second kappa shape index (κ2) is 8.82. The van der Waals surface area contributed by atoms with Gasteiger partial charge in [-0.15, -0.1) is 0 Å². The molecule has 0 bridgehead atoms. The molecule has 0 radical (unpaired) electrons. The number of esters is 1. The summed E-state index contributed by atoms with van der Waals surface area (Å²) >= 11 is 0. The van der Waals surface area contributed by atoms with Crippen molar-refractivity contribution in [2.45, 2.75) is 43.5 Å². The molecule has 3 atom stereocenters. The van der Waals surface area contributed by atoms with Gasteiger partial charge in [-0.2, -0.15) is 0 Å². The van der Waals surface area contributed by atoms with E-state index in [2.05, 4.69) is 29.1 Å². The standard InChI is InChI=1S/C29H30N2O4S/c1-18-7-5-8-19(2)27(18)31-36(33,34)22-15-16-26-24(17-22)23-9-6-10-25(23)29(3,30-26)21-13-11-20(12-14-21)28(32)35-4/h5-9,11-17,23,25,30-31H,10H2,1-4H3/t23-,25-,29-/m1/s1. The minimum atomic E-state index is -3.76. The number of allylic oxidation sites excluding steroid dienone is 2. The number of sulfonamides is 1. The molecule has 0 unspecified atom stereocenters. The lowest BCUT2D eigenvalue weighted by Gasteiger charge is -2.46. The number of fused-ring (bicyclic) bond motifs is 3. The number of benzene rings is 3. The minimum Gasteiger partial charge on any atom is -0.465 e. The van der Waals surface area contributed by atoms with E-state index >= 15 is 0 Å². The van der Waals surface area contributed by atoms with Crippen molar-refractivity contribution in [2.75, 3.05) is 17.1 Å². The third-order valence-electron chi connectivity index (χ3n) is 7.62. The van der Waals surface area contributed by atoms with Crippen molar-refractivity contribution >= 4 is 27.4 Å². The highest BCUT2D eigenvalue weighted by atomic mass is 32.2. The Hall–Kier alpha value is -3.58. The number of aryl methyl sites for hydroxylation is 2. The Morgan fingerprint density at radius 1 is 1.06 bits per heavy atom. The Labute approximate surface area is 212 Å². The molecule has 1 aliphatic carbocycles. The summed E-state index contributed by atoms with van der Waals surface area (Å²) in [5.41, 5.74) is 5.44. The lowest BCUT2D eigenvalue weighted by atomic mass is 9.68. The zero-order chi connectivity index (χ0) is 25.7. The normalized spacial score (nSPS) is 22.3. The van der Waals surface area contributed by atoms with Crippen LogP contribution < -0.4 is 10.0 Å². The molecule has 0 amide bonds. The number of carbonyl (C=O) groups is 1. The van der Waals surface area contributed by atoms with Crippen LogP contribution in [0.2, 0.25) is 0 Å². The zero-order valence-corrected chi connectivity index (χ0v) is 21.6. The fourth-order valence-corrected chi connectivity index (χ4v) is 6.80. The van der Waals surface area contributed by atoms with Crippen LogP contribution in [0.5, 0.6) is 0 Å². The molecule has 5 rings (SSSR count). The molecule has 6 nitrogen and oxygen atoms in total. The number of hydrogen-bond acceptors (Lipinski definition) is 5. The van der Waals surface area contributed by atoms with E-state index in [1.165, 1.54) is 7.11 Å². The Morgan fingerprint density at radius 3 is 2.42 bits per heavy atom. The maximum absolute atomic E-state index is 13.4. The number of para-hydroxylation sites is 1. The molecule has 0 saturated carbocycles. The number of rotatable bonds is 5. The van der Waals surface area contributed by atoms with Gasteiger partial charge in [-0.25, -0.2) is 13.2 Å². The summed E-state index contributed by atoms with van der Waals surface area (Å²) in [5.74, 6) is -0.0994. The molecule has 1 aliphatic heterocycles. The van der Waals surface area contributed by atoms with Gasteiger partial charge in [0.1, 0.15) is 0 Å². The summed E-state index contributed by atoms with van der Waals surface area (Å²) in [6, 6.07) is 18.5. The highest BCUT2D eigenvalue weighted by Crippen LogP contribution is 2.53. The van der Waals surface area contributed by atoms with E-state index in [1.807, 2.05) is 50.2 Å². The number of carbonyl (C=O) groups excluding carboxylic acids is 1. The summed E-state index contributed by atoms with van der Waals surface area (Å²) in [5, 5.41) is 3.70. The van der Waals surface area contributed by atoms with Crippen LogP contribution in [0.25, 0.3) is 0 Å². The summed E-state index contributed by atoms with van der Waals surface area (Å²) < 4.78 is 34.3. The Bertz CT molecular complexity index is 1460. The zero-order valence-electron chi connectivity index (χ0n) is 20.8. The van der Waals surface area contributed by atoms with Gasteiger partial charge in [0.2, 0.25) is 0 Å². The molecule has 3 aromatic rings. The number of nitrogens with one attached hydrogen (secondary N) is 2. The van der Waals surface area contributed by atoms with Crippen molar-refractivity contribution in [1.29, 1.82) is 0 Å². The minimum absolute atomic E-state index is 0.0712. The van der Waals surface area contributed by atoms with Gasteiger partial charge in [-0.05, 0) is 85.7 Å². The molecule has 0 saturated heterocycles. The first kappa shape index (κ1) is 24.1. The van der Waals surface area contributed by atoms with E-state index in [1.54, 1.807) is 24.3 Å². The van der Waals surface area contributed by atoms with E-state index in [-0.39, 0.29) is 22.7 Å². The Morgan fingerprint density at radius 2 is 1.75 bits per heavy atom. The predicted molar refractivity (Wildman–Crippen MR) is 142 cm³/mol. The van der Waals surface area contributed by atoms with Crippen molar-refractivity contribution in [2.24, 2.45) is 5.92 Å². The van der Waals surface area contributed by atoms with Gasteiger partial charge in [0.05, 0.1) is 28.8 Å². The number of ether oxygens (including phenoxy) is 1. The van der Waals surface area contributed by atoms with Gasteiger partial charge in [0.15, 0.2) is 0 Å². The maximum Gasteiger partial charge on any atom is 0.337 e. The monoisotopic (exact) mass is 502 g/mol. The van der Waals surface area contributed by atoms with Gasteiger partial charge in [-0.1, -0.05) is 42.5 Å². The molecule has 1 heterocycles. The fraction of sp³-hybridized carbons (Fsp3) is 0.276. The highest BCUT2D eigenvalue weighted by molar-refractivity contribution is 7.92. The van der Waals surface area contributed by atoms with Gasteiger partial charge in [-0.3, -0.25) is 4.72 Å². The van der Waals surface area contributed by atoms with Crippen LogP contribution in [0.3, 0.4) is 0 Å². The van der Waals surface area contributed by atoms with Crippen molar-refractivity contribution in [3.05, 3.63) is 101 Å². The first-order chi connectivity index (χ1) is 17.1. The largest absolute Gasteiger partial charge is 0.465 e. The average molecular weight is 503 g/mol. The quantitative estimate of drug-likeness (QED) is 0.336. The van der Waals surface area contributed by atoms with Gasteiger partial charge in [0.25, 0.3) is 10.0 Å². The van der Waals surface area contributed by atoms with Crippen molar-refractivity contribution in [3.8, 4) is 0 Å². The van der Waals surface area contributed by atoms with Gasteiger partial charge < -0.3 is 10.1 Å². The molecule has 0 spiro atoms. The Kier molecular flexibility index (Phi) is 5.91. The van der Waals surface area contributed by atoms with E-state index in [0.29, 0.717) is 11.3 Å². The third kappa shape index (κ3) is 3.97. The Balaban J connectivity index is 1.50. The molecular formula is C29H30N2O4S. The van der Waals surface area contributed by atoms with E-state index in [9.17, 15) is 13.2 Å². The summed E-state index contributed by atoms with van der Waals surface area (Å²) in [7, 11) is -2.39. The van der Waals surface area contributed by atoms with Crippen LogP contribution in [0.1, 0.15) is 51.9 Å². The summed E-state index contributed by atoms with van der Waals surface area (Å²) in [6.07, 6.45) is 5.22. The summed E-state index contributed by atoms with van der Waals surface area (Å²) in [6.45, 7) is 5.96. The molecule has 0 aromatic heterocycles. The van der Waals surface area contributed by atoms with Crippen molar-refractivity contribution in [1.82, 2.24) is 0 Å². The van der Waals surface area contributed by atoms with Gasteiger partial charge >= 0.3 is 5.97 Å². The SMILES string of the molecule is COC(=O)c1ccc([C@@]2(C)Nc3ccc(S(=O)(=O)Nc4c(C)cccc4C)cc3[C@H]3C=CC[C@H]32)cc1. The fourth-order valence-electron chi connectivity index (χ4n) is 5.56. The third-order valence-corrected chi connectivity index (χ3v) is 8.97. The highest BCUT2D eigenvalue weighted by Gasteiger charge is 2.46. The second-order valence-corrected chi connectivity index (χ2v) is 11.5. The molecular weight excluding hydrogens is 472 g/mol. The molecule has 3 aromatic carbocycles. The first-order valence-electron chi connectivity index (χ1n) is 12.0. The van der Waals surface area contributed by atoms with Crippen LogP contribution in [0, 0.1) is 19.8 Å². The van der Waals surface area contributed by atoms with Crippen molar-refractivity contribution < 1.29 is 17.9 Å². The molecule has 2 aliphatic rings. The molecule has 0 fully saturated rings. The van der Waals surface area contributed by atoms with E-state index in [4.69, 9.17) is 4.74 Å². The van der Waals surface area contributed by atoms with Gasteiger partial charge in [0, 0.05) is 11.6 Å². The second-order valence-electron chi connectivity index (χ2n) is 9.81. The van der Waals surface area contributed by atoms with Crippen LogP contribution >= 0.6 is 0 Å². The molecule has 186 valence electrons. The predicted octanol–water partition coefficient (Wildman–Crippen LogP) is 5.89.